The van der Waals surface area contributed by atoms with Gasteiger partial charge in [-0.05, 0) is 67.0 Å². The van der Waals surface area contributed by atoms with E-state index in [0.29, 0.717) is 6.42 Å². The van der Waals surface area contributed by atoms with Gasteiger partial charge in [0.2, 0.25) is 0 Å². The molecule has 1 aliphatic rings. The molecule has 1 N–H and O–H groups in total. The average Bonchev–Trinajstić information content (AvgIpc) is 3.26. The highest BCUT2D eigenvalue weighted by Crippen LogP contribution is 2.46. The molecule has 0 saturated carbocycles. The van der Waals surface area contributed by atoms with Gasteiger partial charge in [0.25, 0.3) is 0 Å². The number of carboxylic acid groups (broad SMARTS) is 1. The first-order valence-electron chi connectivity index (χ1n) is 9.87. The largest absolute Gasteiger partial charge is 0.497 e. The van der Waals surface area contributed by atoms with Gasteiger partial charge in [-0.25, -0.2) is 4.98 Å². The summed E-state index contributed by atoms with van der Waals surface area (Å²) in [4.78, 5) is 19.5. The van der Waals surface area contributed by atoms with Crippen molar-refractivity contribution in [1.82, 2.24) is 4.98 Å². The zero-order valence-electron chi connectivity index (χ0n) is 16.5. The number of pyridine rings is 1. The highest BCUT2D eigenvalue weighted by Gasteiger charge is 2.30. The van der Waals surface area contributed by atoms with Crippen LogP contribution in [-0.4, -0.2) is 23.2 Å². The van der Waals surface area contributed by atoms with E-state index in [4.69, 9.17) is 9.72 Å². The molecule has 2 heterocycles. The maximum Gasteiger partial charge on any atom is 0.311 e. The summed E-state index contributed by atoms with van der Waals surface area (Å²) in [5, 5.41) is 11.2. The van der Waals surface area contributed by atoms with E-state index in [0.717, 1.165) is 52.2 Å². The Labute approximate surface area is 169 Å². The van der Waals surface area contributed by atoms with Gasteiger partial charge in [0, 0.05) is 16.0 Å². The second-order valence-corrected chi connectivity index (χ2v) is 8.52. The summed E-state index contributed by atoms with van der Waals surface area (Å²) >= 11 is 1.78. The molecule has 5 heteroatoms. The smallest absolute Gasteiger partial charge is 0.311 e. The molecule has 1 aromatic carbocycles. The van der Waals surface area contributed by atoms with Crippen molar-refractivity contribution < 1.29 is 14.6 Å². The Morgan fingerprint density at radius 1 is 1.29 bits per heavy atom. The molecule has 0 radical (unpaired) electrons. The lowest BCUT2D eigenvalue weighted by Crippen LogP contribution is -2.15. The van der Waals surface area contributed by atoms with Crippen molar-refractivity contribution in [3.05, 3.63) is 46.0 Å². The number of hydrogen-bond acceptors (Lipinski definition) is 4. The van der Waals surface area contributed by atoms with Crippen LogP contribution in [0.25, 0.3) is 21.3 Å². The monoisotopic (exact) mass is 395 g/mol. The lowest BCUT2D eigenvalue weighted by molar-refractivity contribution is -0.139. The third-order valence-electron chi connectivity index (χ3n) is 5.68. The summed E-state index contributed by atoms with van der Waals surface area (Å²) in [7, 11) is 1.66. The molecule has 1 unspecified atom stereocenters. The van der Waals surface area contributed by atoms with Crippen LogP contribution in [0, 0.1) is 6.92 Å². The van der Waals surface area contributed by atoms with Crippen molar-refractivity contribution >= 4 is 27.5 Å². The summed E-state index contributed by atoms with van der Waals surface area (Å²) in [5.74, 6) is -0.519. The van der Waals surface area contributed by atoms with Crippen LogP contribution in [0.3, 0.4) is 0 Å². The zero-order chi connectivity index (χ0) is 19.8. The van der Waals surface area contributed by atoms with Crippen LogP contribution < -0.4 is 4.74 Å². The van der Waals surface area contributed by atoms with Crippen molar-refractivity contribution in [3.8, 4) is 16.9 Å². The first kappa shape index (κ1) is 18.9. The Kier molecular flexibility index (Phi) is 5.11. The van der Waals surface area contributed by atoms with E-state index in [-0.39, 0.29) is 0 Å². The number of aromatic nitrogens is 1. The van der Waals surface area contributed by atoms with Crippen LogP contribution in [-0.2, 0) is 17.6 Å². The molecule has 0 aliphatic heterocycles. The van der Waals surface area contributed by atoms with Crippen molar-refractivity contribution in [1.29, 1.82) is 0 Å². The number of ether oxygens (including phenoxy) is 1. The number of fused-ring (bicyclic) bond motifs is 3. The van der Waals surface area contributed by atoms with Crippen LogP contribution in [0.15, 0.2) is 24.3 Å². The molecule has 1 aliphatic carbocycles. The second kappa shape index (κ2) is 7.55. The van der Waals surface area contributed by atoms with Crippen molar-refractivity contribution in [2.24, 2.45) is 0 Å². The third kappa shape index (κ3) is 3.08. The Morgan fingerprint density at radius 3 is 2.68 bits per heavy atom. The van der Waals surface area contributed by atoms with E-state index in [1.807, 2.05) is 38.1 Å². The molecule has 28 heavy (non-hydrogen) atoms. The molecule has 0 bridgehead atoms. The maximum absolute atomic E-state index is 12.2. The first-order valence-corrected chi connectivity index (χ1v) is 10.7. The molecule has 0 saturated heterocycles. The Hall–Kier alpha value is -2.40. The van der Waals surface area contributed by atoms with Gasteiger partial charge in [-0.1, -0.05) is 25.5 Å². The van der Waals surface area contributed by atoms with Crippen LogP contribution in [0.5, 0.6) is 5.75 Å². The normalized spacial score (nSPS) is 14.2. The molecule has 2 aromatic heterocycles. The lowest BCUT2D eigenvalue weighted by atomic mass is 9.84. The molecule has 0 fully saturated rings. The number of carboxylic acids is 1. The molecule has 3 aromatic rings. The van der Waals surface area contributed by atoms with Crippen LogP contribution in [0.1, 0.15) is 53.8 Å². The predicted molar refractivity (Wildman–Crippen MR) is 114 cm³/mol. The minimum absolute atomic E-state index is 0.545. The van der Waals surface area contributed by atoms with Gasteiger partial charge in [0.15, 0.2) is 0 Å². The number of rotatable bonds is 6. The van der Waals surface area contributed by atoms with Crippen molar-refractivity contribution in [3.63, 3.8) is 0 Å². The Bertz CT molecular complexity index is 1040. The van der Waals surface area contributed by atoms with Gasteiger partial charge >= 0.3 is 5.97 Å². The minimum atomic E-state index is -0.771. The fourth-order valence-electron chi connectivity index (χ4n) is 4.42. The number of carbonyl (C=O) groups is 1. The summed E-state index contributed by atoms with van der Waals surface area (Å²) in [6.45, 7) is 3.99. The lowest BCUT2D eigenvalue weighted by Gasteiger charge is -2.20. The van der Waals surface area contributed by atoms with Gasteiger partial charge in [0.1, 0.15) is 10.6 Å². The van der Waals surface area contributed by atoms with Crippen molar-refractivity contribution in [2.45, 2.75) is 51.9 Å². The van der Waals surface area contributed by atoms with E-state index in [9.17, 15) is 9.90 Å². The highest BCUT2D eigenvalue weighted by atomic mass is 32.1. The molecule has 1 atom stereocenters. The summed E-state index contributed by atoms with van der Waals surface area (Å²) in [5.41, 5.74) is 5.19. The Balaban J connectivity index is 2.06. The molecular weight excluding hydrogens is 370 g/mol. The van der Waals surface area contributed by atoms with E-state index in [1.54, 1.807) is 18.4 Å². The zero-order valence-corrected chi connectivity index (χ0v) is 17.4. The van der Waals surface area contributed by atoms with Gasteiger partial charge in [-0.15, -0.1) is 11.3 Å². The SMILES string of the molecule is CCCC(C(=O)O)c1c(C)nc2sc3c(c2c1-c1ccc(OC)cc1)CCC3. The molecule has 0 amide bonds. The number of hydrogen-bond donors (Lipinski definition) is 1. The molecule has 0 spiro atoms. The maximum atomic E-state index is 12.2. The van der Waals surface area contributed by atoms with Gasteiger partial charge < -0.3 is 9.84 Å². The minimum Gasteiger partial charge on any atom is -0.497 e. The van der Waals surface area contributed by atoms with Gasteiger partial charge in [-0.3, -0.25) is 4.79 Å². The number of benzene rings is 1. The second-order valence-electron chi connectivity index (χ2n) is 7.43. The first-order chi connectivity index (χ1) is 13.5. The summed E-state index contributed by atoms with van der Waals surface area (Å²) in [6, 6.07) is 7.98. The standard InChI is InChI=1S/C23H25NO3S/c1-4-6-17(23(25)26)19-13(2)24-22-21(16-7-5-8-18(16)28-22)20(19)14-9-11-15(27-3)12-10-14/h9-12,17H,4-8H2,1-3H3,(H,25,26). The molecule has 4 nitrogen and oxygen atoms in total. The number of methoxy groups -OCH3 is 1. The predicted octanol–water partition coefficient (Wildman–Crippen LogP) is 5.74. The van der Waals surface area contributed by atoms with E-state index in [2.05, 4.69) is 0 Å². The number of aryl methyl sites for hydroxylation is 3. The number of aliphatic carboxylic acids is 1. The Morgan fingerprint density at radius 2 is 2.04 bits per heavy atom. The van der Waals surface area contributed by atoms with E-state index < -0.39 is 11.9 Å². The van der Waals surface area contributed by atoms with Gasteiger partial charge in [0.05, 0.1) is 13.0 Å². The van der Waals surface area contributed by atoms with Gasteiger partial charge in [-0.2, -0.15) is 0 Å². The quantitative estimate of drug-likeness (QED) is 0.578. The molecule has 4 rings (SSSR count). The van der Waals surface area contributed by atoms with E-state index in [1.165, 1.54) is 22.2 Å². The topological polar surface area (TPSA) is 59.4 Å². The third-order valence-corrected chi connectivity index (χ3v) is 6.87. The highest BCUT2D eigenvalue weighted by molar-refractivity contribution is 7.19. The fourth-order valence-corrected chi connectivity index (χ4v) is 5.74. The van der Waals surface area contributed by atoms with Crippen LogP contribution >= 0.6 is 11.3 Å². The molecule has 146 valence electrons. The van der Waals surface area contributed by atoms with Crippen molar-refractivity contribution in [2.75, 3.05) is 7.11 Å². The summed E-state index contributed by atoms with van der Waals surface area (Å²) < 4.78 is 5.33. The van der Waals surface area contributed by atoms with Crippen LogP contribution in [0.2, 0.25) is 0 Å². The fraction of sp³-hybridized carbons (Fsp3) is 0.391. The number of nitrogens with zero attached hydrogens (tertiary/aromatic N) is 1. The average molecular weight is 396 g/mol. The number of thiophene rings is 1. The molecular formula is C23H25NO3S. The summed E-state index contributed by atoms with van der Waals surface area (Å²) in [6.07, 6.45) is 4.75. The van der Waals surface area contributed by atoms with E-state index >= 15 is 0 Å². The van der Waals surface area contributed by atoms with Crippen LogP contribution in [0.4, 0.5) is 0 Å².